The molecule has 1 aromatic rings. The Morgan fingerprint density at radius 1 is 1.28 bits per heavy atom. The van der Waals surface area contributed by atoms with Crippen LogP contribution in [0, 0.1) is 0 Å². The molecule has 1 atom stereocenters. The molecule has 5 heteroatoms. The highest BCUT2D eigenvalue weighted by molar-refractivity contribution is 7.84. The molecule has 102 valence electrons. The molecule has 1 rings (SSSR count). The average molecular weight is 271 g/mol. The largest absolute Gasteiger partial charge is 0.497 e. The van der Waals surface area contributed by atoms with Crippen LogP contribution in [0.1, 0.15) is 12.5 Å². The van der Waals surface area contributed by atoms with Gasteiger partial charge in [0.2, 0.25) is 0 Å². The van der Waals surface area contributed by atoms with Gasteiger partial charge in [-0.2, -0.15) is 0 Å². The van der Waals surface area contributed by atoms with Crippen LogP contribution < -0.4 is 14.8 Å². The van der Waals surface area contributed by atoms with Gasteiger partial charge < -0.3 is 14.8 Å². The topological polar surface area (TPSA) is 47.6 Å². The Balaban J connectivity index is 2.49. The number of hydrogen-bond donors (Lipinski definition) is 1. The first-order valence-electron chi connectivity index (χ1n) is 5.97. The van der Waals surface area contributed by atoms with Crippen LogP contribution in [0.4, 0.5) is 0 Å². The molecule has 18 heavy (non-hydrogen) atoms. The van der Waals surface area contributed by atoms with Gasteiger partial charge in [-0.05, 0) is 6.07 Å². The highest BCUT2D eigenvalue weighted by Gasteiger charge is 2.04. The van der Waals surface area contributed by atoms with Crippen LogP contribution in [-0.2, 0) is 17.3 Å². The van der Waals surface area contributed by atoms with Crippen molar-refractivity contribution in [3.8, 4) is 11.5 Å². The summed E-state index contributed by atoms with van der Waals surface area (Å²) >= 11 is 0. The number of nitrogens with one attached hydrogen (secondary N) is 1. The van der Waals surface area contributed by atoms with Gasteiger partial charge in [-0.3, -0.25) is 4.21 Å². The van der Waals surface area contributed by atoms with Crippen LogP contribution in [0.5, 0.6) is 11.5 Å². The van der Waals surface area contributed by atoms with Crippen molar-refractivity contribution in [1.29, 1.82) is 0 Å². The zero-order valence-electron chi connectivity index (χ0n) is 11.2. The number of hydrogen-bond acceptors (Lipinski definition) is 4. The minimum absolute atomic E-state index is 0.689. The second-order valence-electron chi connectivity index (χ2n) is 3.79. The zero-order chi connectivity index (χ0) is 13.4. The van der Waals surface area contributed by atoms with Crippen molar-refractivity contribution in [3.05, 3.63) is 23.8 Å². The quantitative estimate of drug-likeness (QED) is 0.729. The Morgan fingerprint density at radius 2 is 2.06 bits per heavy atom. The van der Waals surface area contributed by atoms with Crippen LogP contribution in [0.3, 0.4) is 0 Å². The summed E-state index contributed by atoms with van der Waals surface area (Å²) < 4.78 is 21.7. The second-order valence-corrected chi connectivity index (χ2v) is 5.65. The third-order valence-electron chi connectivity index (χ3n) is 2.64. The summed E-state index contributed by atoms with van der Waals surface area (Å²) in [7, 11) is 2.56. The Bertz CT molecular complexity index is 396. The fourth-order valence-corrected chi connectivity index (χ4v) is 2.21. The molecule has 0 heterocycles. The molecule has 0 aliphatic heterocycles. The lowest BCUT2D eigenvalue weighted by Gasteiger charge is -2.11. The molecule has 1 aromatic carbocycles. The van der Waals surface area contributed by atoms with Gasteiger partial charge in [0.05, 0.1) is 14.2 Å². The molecular formula is C13H21NO3S. The van der Waals surface area contributed by atoms with Crippen molar-refractivity contribution in [2.45, 2.75) is 13.5 Å². The fourth-order valence-electron chi connectivity index (χ4n) is 1.55. The number of methoxy groups -OCH3 is 2. The summed E-state index contributed by atoms with van der Waals surface area (Å²) in [6.07, 6.45) is 0. The number of benzene rings is 1. The molecule has 0 amide bonds. The van der Waals surface area contributed by atoms with Gasteiger partial charge in [-0.15, -0.1) is 0 Å². The van der Waals surface area contributed by atoms with Crippen molar-refractivity contribution in [2.75, 3.05) is 32.3 Å². The zero-order valence-corrected chi connectivity index (χ0v) is 12.0. The minimum Gasteiger partial charge on any atom is -0.497 e. The van der Waals surface area contributed by atoms with E-state index in [9.17, 15) is 4.21 Å². The van der Waals surface area contributed by atoms with E-state index in [1.54, 1.807) is 14.2 Å². The van der Waals surface area contributed by atoms with Crippen LogP contribution >= 0.6 is 0 Å². The molecule has 4 nitrogen and oxygen atoms in total. The molecule has 0 aliphatic rings. The summed E-state index contributed by atoms with van der Waals surface area (Å²) in [5.41, 5.74) is 1.07. The van der Waals surface area contributed by atoms with Crippen LogP contribution in [0.15, 0.2) is 18.2 Å². The van der Waals surface area contributed by atoms with E-state index in [4.69, 9.17) is 9.47 Å². The lowest BCUT2D eigenvalue weighted by Crippen LogP contribution is -2.20. The maximum atomic E-state index is 11.3. The van der Waals surface area contributed by atoms with Crippen molar-refractivity contribution >= 4 is 10.8 Å². The summed E-state index contributed by atoms with van der Waals surface area (Å²) in [6.45, 7) is 3.38. The van der Waals surface area contributed by atoms with Crippen LogP contribution in [0.25, 0.3) is 0 Å². The lowest BCUT2D eigenvalue weighted by atomic mass is 10.2. The Kier molecular flexibility index (Phi) is 6.75. The van der Waals surface area contributed by atoms with E-state index in [-0.39, 0.29) is 0 Å². The molecule has 0 saturated heterocycles. The SMILES string of the molecule is CCS(=O)CCNCc1ccc(OC)cc1OC. The van der Waals surface area contributed by atoms with Crippen molar-refractivity contribution in [1.82, 2.24) is 5.32 Å². The smallest absolute Gasteiger partial charge is 0.127 e. The van der Waals surface area contributed by atoms with Gasteiger partial charge in [-0.25, -0.2) is 0 Å². The first kappa shape index (κ1) is 15.0. The Morgan fingerprint density at radius 3 is 2.67 bits per heavy atom. The standard InChI is InChI=1S/C13H21NO3S/c1-4-18(15)8-7-14-10-11-5-6-12(16-2)9-13(11)17-3/h5-6,9,14H,4,7-8,10H2,1-3H3. The third-order valence-corrected chi connectivity index (χ3v) is 3.94. The lowest BCUT2D eigenvalue weighted by molar-refractivity contribution is 0.390. The molecule has 0 spiro atoms. The van der Waals surface area contributed by atoms with E-state index in [2.05, 4.69) is 5.32 Å². The molecule has 0 radical (unpaired) electrons. The Hall–Kier alpha value is -1.07. The van der Waals surface area contributed by atoms with Crippen molar-refractivity contribution in [3.63, 3.8) is 0 Å². The highest BCUT2D eigenvalue weighted by atomic mass is 32.2. The van der Waals surface area contributed by atoms with Gasteiger partial charge in [0.15, 0.2) is 0 Å². The molecule has 0 aromatic heterocycles. The summed E-state index contributed by atoms with van der Waals surface area (Å²) in [6, 6.07) is 5.74. The second kappa shape index (κ2) is 8.11. The van der Waals surface area contributed by atoms with E-state index in [0.717, 1.165) is 23.6 Å². The van der Waals surface area contributed by atoms with Gasteiger partial charge >= 0.3 is 0 Å². The first-order valence-corrected chi connectivity index (χ1v) is 7.46. The van der Waals surface area contributed by atoms with Crippen molar-refractivity contribution < 1.29 is 13.7 Å². The molecule has 0 bridgehead atoms. The van der Waals surface area contributed by atoms with E-state index in [0.29, 0.717) is 18.1 Å². The highest BCUT2D eigenvalue weighted by Crippen LogP contribution is 2.24. The predicted octanol–water partition coefficient (Wildman–Crippen LogP) is 1.56. The van der Waals surface area contributed by atoms with E-state index in [1.165, 1.54) is 0 Å². The fraction of sp³-hybridized carbons (Fsp3) is 0.538. The minimum atomic E-state index is -0.711. The van der Waals surface area contributed by atoms with Crippen LogP contribution in [-0.4, -0.2) is 36.5 Å². The summed E-state index contributed by atoms with van der Waals surface area (Å²) in [5.74, 6) is 2.99. The van der Waals surface area contributed by atoms with Gasteiger partial charge in [0.1, 0.15) is 11.5 Å². The van der Waals surface area contributed by atoms with E-state index < -0.39 is 10.8 Å². The van der Waals surface area contributed by atoms with Crippen LogP contribution in [0.2, 0.25) is 0 Å². The Labute approximate surface area is 111 Å². The van der Waals surface area contributed by atoms with Gasteiger partial charge in [0.25, 0.3) is 0 Å². The third kappa shape index (κ3) is 4.66. The normalized spacial score (nSPS) is 12.2. The number of rotatable bonds is 8. The predicted molar refractivity (Wildman–Crippen MR) is 74.8 cm³/mol. The van der Waals surface area contributed by atoms with Gasteiger partial charge in [0, 0.05) is 47.0 Å². The first-order chi connectivity index (χ1) is 8.71. The maximum Gasteiger partial charge on any atom is 0.127 e. The van der Waals surface area contributed by atoms with E-state index in [1.807, 2.05) is 25.1 Å². The van der Waals surface area contributed by atoms with E-state index >= 15 is 0 Å². The molecule has 1 N–H and O–H groups in total. The summed E-state index contributed by atoms with van der Waals surface area (Å²) in [5, 5.41) is 3.27. The molecule has 0 fully saturated rings. The van der Waals surface area contributed by atoms with Gasteiger partial charge in [-0.1, -0.05) is 13.0 Å². The monoisotopic (exact) mass is 271 g/mol. The maximum absolute atomic E-state index is 11.3. The number of ether oxygens (including phenoxy) is 2. The molecule has 1 unspecified atom stereocenters. The van der Waals surface area contributed by atoms with Crippen molar-refractivity contribution in [2.24, 2.45) is 0 Å². The molecule has 0 saturated carbocycles. The summed E-state index contributed by atoms with van der Waals surface area (Å²) in [4.78, 5) is 0. The molecular weight excluding hydrogens is 250 g/mol. The average Bonchev–Trinajstić information content (AvgIpc) is 2.43. The molecule has 0 aliphatic carbocycles.